The Bertz CT molecular complexity index is 828. The molecule has 1 aliphatic rings. The van der Waals surface area contributed by atoms with Gasteiger partial charge in [0.25, 0.3) is 0 Å². The number of hydrogen-bond acceptors (Lipinski definition) is 6. The van der Waals surface area contributed by atoms with E-state index in [1.54, 1.807) is 18.0 Å². The third kappa shape index (κ3) is 3.31. The molecule has 8 heteroatoms. The Balaban J connectivity index is 1.57. The molecule has 0 saturated carbocycles. The summed E-state index contributed by atoms with van der Waals surface area (Å²) >= 11 is 0. The lowest BCUT2D eigenvalue weighted by Gasteiger charge is -2.21. The van der Waals surface area contributed by atoms with Crippen molar-refractivity contribution in [1.82, 2.24) is 34.8 Å². The largest absolute Gasteiger partial charge is 0.380 e. The van der Waals surface area contributed by atoms with Gasteiger partial charge in [0.05, 0.1) is 29.7 Å². The van der Waals surface area contributed by atoms with Gasteiger partial charge in [0, 0.05) is 51.4 Å². The van der Waals surface area contributed by atoms with Gasteiger partial charge in [0.1, 0.15) is 5.82 Å². The van der Waals surface area contributed by atoms with Crippen molar-refractivity contribution in [2.45, 2.75) is 25.1 Å². The van der Waals surface area contributed by atoms with E-state index in [0.717, 1.165) is 42.3 Å². The van der Waals surface area contributed by atoms with Crippen LogP contribution in [0.4, 0.5) is 0 Å². The maximum atomic E-state index is 5.59. The monoisotopic (exact) mass is 339 g/mol. The summed E-state index contributed by atoms with van der Waals surface area (Å²) in [5.74, 6) is 0.947. The van der Waals surface area contributed by atoms with Gasteiger partial charge in [0.2, 0.25) is 0 Å². The van der Waals surface area contributed by atoms with Crippen molar-refractivity contribution in [2.75, 3.05) is 13.7 Å². The molecule has 0 radical (unpaired) electrons. The maximum absolute atomic E-state index is 5.59. The molecule has 8 nitrogen and oxygen atoms in total. The van der Waals surface area contributed by atoms with E-state index < -0.39 is 0 Å². The van der Waals surface area contributed by atoms with Crippen molar-refractivity contribution in [1.29, 1.82) is 0 Å². The molecule has 0 aromatic carbocycles. The number of pyridine rings is 1. The standard InChI is InChI=1S/C17H21N7O/c1-23-9-13(21-22-23)10-24-11-14(25-2)6-16(24)17-19-8-15(20-17)12-4-3-5-18-7-12/h3-5,7-9,14,16H,6,10-11H2,1-2H3,(H,19,20)/t14-,16+/m1/s1. The molecule has 1 aliphatic heterocycles. The number of imidazole rings is 1. The Morgan fingerprint density at radius 3 is 3.00 bits per heavy atom. The number of likely N-dealkylation sites (tertiary alicyclic amines) is 1. The van der Waals surface area contributed by atoms with Gasteiger partial charge in [-0.25, -0.2) is 4.98 Å². The SMILES string of the molecule is CO[C@@H]1C[C@@H](c2ncc(-c3cccnc3)[nH]2)N(Cc2cn(C)nn2)C1. The van der Waals surface area contributed by atoms with E-state index in [1.165, 1.54) is 0 Å². The molecule has 130 valence electrons. The van der Waals surface area contributed by atoms with Gasteiger partial charge in [0.15, 0.2) is 0 Å². The molecular weight excluding hydrogens is 318 g/mol. The minimum Gasteiger partial charge on any atom is -0.380 e. The van der Waals surface area contributed by atoms with Crippen LogP contribution in [0, 0.1) is 0 Å². The summed E-state index contributed by atoms with van der Waals surface area (Å²) in [5, 5.41) is 8.22. The highest BCUT2D eigenvalue weighted by atomic mass is 16.5. The van der Waals surface area contributed by atoms with Crippen molar-refractivity contribution in [3.8, 4) is 11.3 Å². The first-order chi connectivity index (χ1) is 12.2. The van der Waals surface area contributed by atoms with Gasteiger partial charge in [-0.3, -0.25) is 14.6 Å². The lowest BCUT2D eigenvalue weighted by atomic mass is 10.2. The second-order valence-corrected chi connectivity index (χ2v) is 6.35. The number of methoxy groups -OCH3 is 1. The zero-order valence-electron chi connectivity index (χ0n) is 14.3. The average Bonchev–Trinajstić information content (AvgIpc) is 3.35. The van der Waals surface area contributed by atoms with Crippen LogP contribution in [0.15, 0.2) is 36.9 Å². The normalized spacial score (nSPS) is 21.0. The Labute approximate surface area is 145 Å². The van der Waals surface area contributed by atoms with E-state index in [1.807, 2.05) is 37.8 Å². The number of aryl methyl sites for hydroxylation is 1. The number of H-pyrrole nitrogens is 1. The van der Waals surface area contributed by atoms with Crippen LogP contribution in [0.3, 0.4) is 0 Å². The van der Waals surface area contributed by atoms with Crippen LogP contribution in [0.1, 0.15) is 24.0 Å². The molecule has 4 heterocycles. The van der Waals surface area contributed by atoms with Gasteiger partial charge < -0.3 is 9.72 Å². The van der Waals surface area contributed by atoms with Crippen LogP contribution < -0.4 is 0 Å². The predicted molar refractivity (Wildman–Crippen MR) is 91.4 cm³/mol. The Morgan fingerprint density at radius 1 is 1.36 bits per heavy atom. The van der Waals surface area contributed by atoms with Gasteiger partial charge in [-0.2, -0.15) is 0 Å². The van der Waals surface area contributed by atoms with Gasteiger partial charge in [-0.1, -0.05) is 5.21 Å². The predicted octanol–water partition coefficient (Wildman–Crippen LogP) is 1.56. The fraction of sp³-hybridized carbons (Fsp3) is 0.412. The molecule has 0 unspecified atom stereocenters. The average molecular weight is 339 g/mol. The Hall–Kier alpha value is -2.58. The third-order valence-corrected chi connectivity index (χ3v) is 4.60. The van der Waals surface area contributed by atoms with E-state index >= 15 is 0 Å². The van der Waals surface area contributed by atoms with E-state index in [9.17, 15) is 0 Å². The molecule has 4 rings (SSSR count). The molecule has 3 aromatic rings. The number of ether oxygens (including phenoxy) is 1. The molecule has 1 saturated heterocycles. The second-order valence-electron chi connectivity index (χ2n) is 6.35. The third-order valence-electron chi connectivity index (χ3n) is 4.60. The number of nitrogens with zero attached hydrogens (tertiary/aromatic N) is 6. The van der Waals surface area contributed by atoms with Crippen molar-refractivity contribution in [3.63, 3.8) is 0 Å². The van der Waals surface area contributed by atoms with Gasteiger partial charge in [-0.05, 0) is 18.6 Å². The molecule has 1 fully saturated rings. The summed E-state index contributed by atoms with van der Waals surface area (Å²) in [6.45, 7) is 1.57. The summed E-state index contributed by atoms with van der Waals surface area (Å²) in [6, 6.07) is 4.11. The fourth-order valence-electron chi connectivity index (χ4n) is 3.34. The van der Waals surface area contributed by atoms with E-state index in [2.05, 4.69) is 30.2 Å². The van der Waals surface area contributed by atoms with Crippen LogP contribution in [0.5, 0.6) is 0 Å². The zero-order chi connectivity index (χ0) is 17.2. The minimum atomic E-state index is 0.164. The maximum Gasteiger partial charge on any atom is 0.124 e. The number of nitrogens with one attached hydrogen (secondary N) is 1. The van der Waals surface area contributed by atoms with Crippen LogP contribution in [0.2, 0.25) is 0 Å². The van der Waals surface area contributed by atoms with Crippen LogP contribution in [0.25, 0.3) is 11.3 Å². The van der Waals surface area contributed by atoms with E-state index in [0.29, 0.717) is 0 Å². The Kier molecular flexibility index (Phi) is 4.29. The topological polar surface area (TPSA) is 84.8 Å². The van der Waals surface area contributed by atoms with Crippen LogP contribution >= 0.6 is 0 Å². The van der Waals surface area contributed by atoms with Gasteiger partial charge in [-0.15, -0.1) is 5.10 Å². The first-order valence-electron chi connectivity index (χ1n) is 8.30. The summed E-state index contributed by atoms with van der Waals surface area (Å²) in [6.07, 6.45) is 8.50. The first kappa shape index (κ1) is 15.9. The number of aromatic nitrogens is 6. The molecule has 0 amide bonds. The van der Waals surface area contributed by atoms with Crippen LogP contribution in [-0.2, 0) is 18.3 Å². The summed E-state index contributed by atoms with van der Waals surface area (Å²) in [7, 11) is 3.64. The smallest absolute Gasteiger partial charge is 0.124 e. The highest BCUT2D eigenvalue weighted by Crippen LogP contribution is 2.33. The molecule has 0 spiro atoms. The summed E-state index contributed by atoms with van der Waals surface area (Å²) in [5.41, 5.74) is 2.95. The molecule has 0 bridgehead atoms. The van der Waals surface area contributed by atoms with Crippen molar-refractivity contribution in [2.24, 2.45) is 7.05 Å². The fourth-order valence-corrected chi connectivity index (χ4v) is 3.34. The highest BCUT2D eigenvalue weighted by molar-refractivity contribution is 5.56. The van der Waals surface area contributed by atoms with E-state index in [4.69, 9.17) is 4.74 Å². The summed E-state index contributed by atoms with van der Waals surface area (Å²) < 4.78 is 7.32. The van der Waals surface area contributed by atoms with E-state index in [-0.39, 0.29) is 12.1 Å². The summed E-state index contributed by atoms with van der Waals surface area (Å²) in [4.78, 5) is 14.6. The lowest BCUT2D eigenvalue weighted by Crippen LogP contribution is -2.25. The number of rotatable bonds is 5. The second kappa shape index (κ2) is 6.73. The van der Waals surface area contributed by atoms with Crippen molar-refractivity contribution >= 4 is 0 Å². The zero-order valence-corrected chi connectivity index (χ0v) is 14.3. The molecule has 0 aliphatic carbocycles. The molecule has 2 atom stereocenters. The van der Waals surface area contributed by atoms with Crippen molar-refractivity contribution in [3.05, 3.63) is 48.4 Å². The Morgan fingerprint density at radius 2 is 2.28 bits per heavy atom. The highest BCUT2D eigenvalue weighted by Gasteiger charge is 2.35. The first-order valence-corrected chi connectivity index (χ1v) is 8.30. The number of hydrogen-bond donors (Lipinski definition) is 1. The molecular formula is C17H21N7O. The molecule has 25 heavy (non-hydrogen) atoms. The quantitative estimate of drug-likeness (QED) is 0.759. The van der Waals surface area contributed by atoms with Crippen LogP contribution in [-0.4, -0.2) is 54.6 Å². The lowest BCUT2D eigenvalue weighted by molar-refractivity contribution is 0.107. The number of aromatic amines is 1. The molecule has 1 N–H and O–H groups in total. The molecule has 3 aromatic heterocycles. The van der Waals surface area contributed by atoms with Gasteiger partial charge >= 0.3 is 0 Å². The minimum absolute atomic E-state index is 0.164. The van der Waals surface area contributed by atoms with Crippen molar-refractivity contribution < 1.29 is 4.74 Å².